The monoisotopic (exact) mass is 436 g/mol. The third-order valence-electron chi connectivity index (χ3n) is 3.22. The molecule has 0 radical (unpaired) electrons. The van der Waals surface area contributed by atoms with Crippen LogP contribution in [0, 0.1) is 0 Å². The van der Waals surface area contributed by atoms with Gasteiger partial charge < -0.3 is 5.32 Å². The summed E-state index contributed by atoms with van der Waals surface area (Å²) >= 11 is 12.4. The van der Waals surface area contributed by atoms with Crippen LogP contribution >= 0.6 is 35.2 Å². The number of amides is 3. The first-order valence-corrected chi connectivity index (χ1v) is 9.76. The number of thiocarbonyl (C=S) groups is 1. The van der Waals surface area contributed by atoms with E-state index in [2.05, 4.69) is 21.5 Å². The zero-order valence-electron chi connectivity index (χ0n) is 14.5. The van der Waals surface area contributed by atoms with Gasteiger partial charge in [0.2, 0.25) is 17.7 Å². The number of carbonyl (C=O) groups excluding carboxylic acids is 3. The lowest BCUT2D eigenvalue weighted by molar-refractivity contribution is -0.124. The minimum Gasteiger partial charge on any atom is -0.325 e. The Bertz CT molecular complexity index is 885. The Balaban J connectivity index is 1.64. The van der Waals surface area contributed by atoms with Crippen molar-refractivity contribution in [2.45, 2.75) is 12.8 Å². The molecule has 1 aromatic carbocycles. The molecule has 2 rings (SSSR count). The summed E-state index contributed by atoms with van der Waals surface area (Å²) in [4.78, 5) is 36.3. The van der Waals surface area contributed by atoms with Crippen LogP contribution in [-0.4, -0.2) is 22.8 Å². The number of halogens is 1. The van der Waals surface area contributed by atoms with Crippen molar-refractivity contribution in [3.63, 3.8) is 0 Å². The van der Waals surface area contributed by atoms with E-state index in [1.165, 1.54) is 17.4 Å². The highest BCUT2D eigenvalue weighted by Gasteiger charge is 2.09. The number of rotatable bonds is 6. The molecule has 0 aliphatic rings. The van der Waals surface area contributed by atoms with E-state index in [-0.39, 0.29) is 23.9 Å². The van der Waals surface area contributed by atoms with Gasteiger partial charge in [-0.25, -0.2) is 0 Å². The third kappa shape index (κ3) is 7.87. The quantitative estimate of drug-likeness (QED) is 0.317. The fraction of sp³-hybridized carbons (Fsp3) is 0.111. The highest BCUT2D eigenvalue weighted by Crippen LogP contribution is 2.20. The number of hydrazine groups is 1. The molecule has 0 unspecified atom stereocenters. The maximum absolute atomic E-state index is 11.9. The molecule has 10 heteroatoms. The van der Waals surface area contributed by atoms with Gasteiger partial charge in [-0.15, -0.1) is 11.3 Å². The summed E-state index contributed by atoms with van der Waals surface area (Å²) in [6, 6.07) is 10.5. The van der Waals surface area contributed by atoms with Crippen molar-refractivity contribution >= 4 is 69.8 Å². The van der Waals surface area contributed by atoms with E-state index in [0.29, 0.717) is 10.7 Å². The van der Waals surface area contributed by atoms with Gasteiger partial charge in [-0.2, -0.15) is 0 Å². The summed E-state index contributed by atoms with van der Waals surface area (Å²) in [6.45, 7) is 0. The van der Waals surface area contributed by atoms with Gasteiger partial charge in [-0.1, -0.05) is 29.8 Å². The van der Waals surface area contributed by atoms with Crippen LogP contribution in [0.3, 0.4) is 0 Å². The topological polar surface area (TPSA) is 99.3 Å². The van der Waals surface area contributed by atoms with E-state index in [1.807, 2.05) is 17.5 Å². The number of para-hydroxylation sites is 1. The lowest BCUT2D eigenvalue weighted by Crippen LogP contribution is -2.48. The van der Waals surface area contributed by atoms with E-state index in [9.17, 15) is 14.4 Å². The number of nitrogens with one attached hydrogen (secondary N) is 4. The van der Waals surface area contributed by atoms with Crippen LogP contribution < -0.4 is 21.5 Å². The number of carbonyl (C=O) groups is 3. The molecule has 0 bridgehead atoms. The molecule has 0 saturated heterocycles. The second-order valence-corrected chi connectivity index (χ2v) is 7.16. The van der Waals surface area contributed by atoms with Gasteiger partial charge in [0.15, 0.2) is 5.11 Å². The van der Waals surface area contributed by atoms with Crippen molar-refractivity contribution in [2.24, 2.45) is 0 Å². The molecule has 0 aliphatic heterocycles. The van der Waals surface area contributed by atoms with Crippen molar-refractivity contribution in [2.75, 3.05) is 5.32 Å². The predicted molar refractivity (Wildman–Crippen MR) is 115 cm³/mol. The van der Waals surface area contributed by atoms with E-state index in [0.717, 1.165) is 4.88 Å². The number of hydrogen-bond acceptors (Lipinski definition) is 5. The molecule has 3 amide bonds. The standard InChI is InChI=1S/C18H17ClN4O3S2/c19-13-5-1-2-6-14(13)20-15(24)9-10-17(26)22-23-18(27)21-16(25)8-7-12-4-3-11-28-12/h1-8,11H,9-10H2,(H,20,24)(H,22,26)(H2,21,23,25,27). The van der Waals surface area contributed by atoms with Crippen molar-refractivity contribution in [1.82, 2.24) is 16.2 Å². The first-order valence-electron chi connectivity index (χ1n) is 8.10. The van der Waals surface area contributed by atoms with Crippen LogP contribution in [-0.2, 0) is 14.4 Å². The van der Waals surface area contributed by atoms with Crippen molar-refractivity contribution in [3.05, 3.63) is 57.8 Å². The zero-order valence-corrected chi connectivity index (χ0v) is 16.9. The van der Waals surface area contributed by atoms with E-state index in [1.54, 1.807) is 30.3 Å². The largest absolute Gasteiger partial charge is 0.325 e. The van der Waals surface area contributed by atoms with Crippen LogP contribution in [0.1, 0.15) is 17.7 Å². The zero-order chi connectivity index (χ0) is 20.4. The first kappa shape index (κ1) is 21.5. The van der Waals surface area contributed by atoms with E-state index in [4.69, 9.17) is 23.8 Å². The molecule has 1 heterocycles. The summed E-state index contributed by atoms with van der Waals surface area (Å²) in [5.41, 5.74) is 5.20. The van der Waals surface area contributed by atoms with E-state index >= 15 is 0 Å². The average Bonchev–Trinajstić information content (AvgIpc) is 3.18. The Morgan fingerprint density at radius 1 is 1.04 bits per heavy atom. The Morgan fingerprint density at radius 3 is 2.50 bits per heavy atom. The van der Waals surface area contributed by atoms with E-state index < -0.39 is 11.8 Å². The van der Waals surface area contributed by atoms with Crippen molar-refractivity contribution in [3.8, 4) is 0 Å². The normalized spacial score (nSPS) is 10.3. The molecule has 1 aromatic heterocycles. The van der Waals surface area contributed by atoms with Gasteiger partial charge >= 0.3 is 0 Å². The van der Waals surface area contributed by atoms with Gasteiger partial charge in [0.25, 0.3) is 0 Å². The SMILES string of the molecule is O=C(C=Cc1cccs1)NC(=S)NNC(=O)CCC(=O)Nc1ccccc1Cl. The van der Waals surface area contributed by atoms with Crippen molar-refractivity contribution < 1.29 is 14.4 Å². The average molecular weight is 437 g/mol. The Morgan fingerprint density at radius 2 is 1.79 bits per heavy atom. The number of hydrogen-bond donors (Lipinski definition) is 4. The summed E-state index contributed by atoms with van der Waals surface area (Å²) < 4.78 is 0. The van der Waals surface area contributed by atoms with Crippen LogP contribution in [0.5, 0.6) is 0 Å². The summed E-state index contributed by atoms with van der Waals surface area (Å²) in [5.74, 6) is -1.24. The molecular weight excluding hydrogens is 420 g/mol. The summed E-state index contributed by atoms with van der Waals surface area (Å²) in [5, 5.41) is 7.26. The minimum atomic E-state index is -0.458. The summed E-state index contributed by atoms with van der Waals surface area (Å²) in [6.07, 6.45) is 2.87. The predicted octanol–water partition coefficient (Wildman–Crippen LogP) is 2.86. The number of anilines is 1. The molecule has 0 spiro atoms. The fourth-order valence-electron chi connectivity index (χ4n) is 1.92. The Hall–Kier alpha value is -2.75. The van der Waals surface area contributed by atoms with Crippen molar-refractivity contribution in [1.29, 1.82) is 0 Å². The molecule has 7 nitrogen and oxygen atoms in total. The lowest BCUT2D eigenvalue weighted by atomic mass is 10.2. The van der Waals surface area contributed by atoms with Gasteiger partial charge in [-0.3, -0.25) is 30.6 Å². The van der Waals surface area contributed by atoms with Gasteiger partial charge in [0.05, 0.1) is 10.7 Å². The molecule has 0 fully saturated rings. The highest BCUT2D eigenvalue weighted by molar-refractivity contribution is 7.80. The van der Waals surface area contributed by atoms with Crippen LogP contribution in [0.25, 0.3) is 6.08 Å². The summed E-state index contributed by atoms with van der Waals surface area (Å²) in [7, 11) is 0. The molecule has 0 aliphatic carbocycles. The maximum atomic E-state index is 11.9. The maximum Gasteiger partial charge on any atom is 0.250 e. The molecular formula is C18H17ClN4O3S2. The molecule has 28 heavy (non-hydrogen) atoms. The van der Waals surface area contributed by atoms with Crippen LogP contribution in [0.15, 0.2) is 47.9 Å². The number of thiophene rings is 1. The first-order chi connectivity index (χ1) is 13.4. The molecule has 2 aromatic rings. The smallest absolute Gasteiger partial charge is 0.250 e. The molecule has 0 saturated carbocycles. The number of benzene rings is 1. The second kappa shape index (κ2) is 11.2. The van der Waals surface area contributed by atoms with Gasteiger partial charge in [0, 0.05) is 23.8 Å². The minimum absolute atomic E-state index is 0.0403. The fourth-order valence-corrected chi connectivity index (χ4v) is 2.87. The Labute approximate surface area is 176 Å². The second-order valence-electron chi connectivity index (χ2n) is 5.37. The van der Waals surface area contributed by atoms with Gasteiger partial charge in [-0.05, 0) is 41.9 Å². The molecule has 146 valence electrons. The molecule has 4 N–H and O–H groups in total. The van der Waals surface area contributed by atoms with Gasteiger partial charge in [0.1, 0.15) is 0 Å². The highest BCUT2D eigenvalue weighted by atomic mass is 35.5. The molecule has 0 atom stereocenters. The lowest BCUT2D eigenvalue weighted by Gasteiger charge is -2.10. The van der Waals surface area contributed by atoms with Crippen LogP contribution in [0.4, 0.5) is 5.69 Å². The third-order valence-corrected chi connectivity index (χ3v) is 4.59. The Kier molecular flexibility index (Phi) is 8.60. The van der Waals surface area contributed by atoms with Crippen LogP contribution in [0.2, 0.25) is 5.02 Å².